The Labute approximate surface area is 212 Å². The summed E-state index contributed by atoms with van der Waals surface area (Å²) >= 11 is 0. The first-order chi connectivity index (χ1) is 17.4. The first-order valence-electron chi connectivity index (χ1n) is 12.6. The van der Waals surface area contributed by atoms with Gasteiger partial charge in [0.15, 0.2) is 0 Å². The number of piperidine rings is 1. The van der Waals surface area contributed by atoms with Crippen molar-refractivity contribution in [3.05, 3.63) is 69.6 Å². The fourth-order valence-corrected chi connectivity index (χ4v) is 6.70. The van der Waals surface area contributed by atoms with Crippen LogP contribution in [0, 0.1) is 0 Å². The number of imidazole rings is 1. The van der Waals surface area contributed by atoms with E-state index < -0.39 is 21.8 Å². The normalized spacial score (nSPS) is 20.2. The van der Waals surface area contributed by atoms with Crippen LogP contribution in [0.25, 0.3) is 11.3 Å². The second-order valence-corrected chi connectivity index (χ2v) is 11.0. The maximum atomic E-state index is 13.5. The van der Waals surface area contributed by atoms with E-state index in [9.17, 15) is 18.0 Å². The van der Waals surface area contributed by atoms with E-state index >= 15 is 0 Å². The van der Waals surface area contributed by atoms with Crippen molar-refractivity contribution in [2.24, 2.45) is 0 Å². The van der Waals surface area contributed by atoms with Crippen LogP contribution in [0.15, 0.2) is 58.3 Å². The first-order valence-corrected chi connectivity index (χ1v) is 14.0. The number of nitrogens with one attached hydrogen (secondary N) is 2. The van der Waals surface area contributed by atoms with E-state index in [2.05, 4.69) is 10.3 Å². The van der Waals surface area contributed by atoms with Crippen molar-refractivity contribution in [1.29, 1.82) is 0 Å². The third-order valence-electron chi connectivity index (χ3n) is 6.69. The molecule has 2 aliphatic rings. The minimum absolute atomic E-state index is 0.166. The molecule has 2 aromatic rings. The summed E-state index contributed by atoms with van der Waals surface area (Å²) in [4.78, 5) is 31.7. The van der Waals surface area contributed by atoms with Crippen molar-refractivity contribution in [3.63, 3.8) is 0 Å². The fraction of sp³-hybridized carbons (Fsp3) is 0.462. The second kappa shape index (κ2) is 11.4. The molecule has 0 aliphatic carbocycles. The first kappa shape index (κ1) is 26.1. The Bertz CT molecular complexity index is 1290. The number of hydrogen-bond acceptors (Lipinski definition) is 5. The largest absolute Gasteiger partial charge is 0.335 e. The Kier molecular flexibility index (Phi) is 8.28. The van der Waals surface area contributed by atoms with E-state index in [0.717, 1.165) is 5.56 Å². The highest BCUT2D eigenvalue weighted by molar-refractivity contribution is 7.93. The molecule has 0 radical (unpaired) electrons. The van der Waals surface area contributed by atoms with Gasteiger partial charge in [-0.3, -0.25) is 9.36 Å². The van der Waals surface area contributed by atoms with Gasteiger partial charge < -0.3 is 15.2 Å². The predicted molar refractivity (Wildman–Crippen MR) is 141 cm³/mol. The predicted octanol–water partition coefficient (Wildman–Crippen LogP) is 2.73. The molecule has 0 spiro atoms. The highest BCUT2D eigenvalue weighted by atomic mass is 32.2. The number of amides is 1. The van der Waals surface area contributed by atoms with Crippen LogP contribution < -0.4 is 11.0 Å². The summed E-state index contributed by atoms with van der Waals surface area (Å²) in [7, 11) is -3.71. The van der Waals surface area contributed by atoms with Gasteiger partial charge in [0.25, 0.3) is 5.91 Å². The van der Waals surface area contributed by atoms with Crippen molar-refractivity contribution in [2.75, 3.05) is 39.3 Å². The van der Waals surface area contributed by atoms with Gasteiger partial charge in [-0.2, -0.15) is 4.31 Å². The van der Waals surface area contributed by atoms with E-state index in [0.29, 0.717) is 57.7 Å². The minimum Gasteiger partial charge on any atom is -0.335 e. The average molecular weight is 514 g/mol. The maximum Gasteiger partial charge on any atom is 0.326 e. The lowest BCUT2D eigenvalue weighted by molar-refractivity contribution is 0.0731. The molecule has 10 heteroatoms. The zero-order valence-corrected chi connectivity index (χ0v) is 21.8. The number of piperazine rings is 1. The van der Waals surface area contributed by atoms with Crippen molar-refractivity contribution in [1.82, 2.24) is 24.1 Å². The number of rotatable bonds is 7. The molecule has 1 amide bonds. The zero-order chi connectivity index (χ0) is 25.7. The SMILES string of the molecule is C/C=C\C(=C/CC)S(=O)(=O)N1CCCC(n2c(-c3ccccc3)c(C(=O)N3CCNCC3)[nH]c2=O)C1. The molecule has 36 heavy (non-hydrogen) atoms. The molecule has 1 aromatic carbocycles. The van der Waals surface area contributed by atoms with Crippen LogP contribution >= 0.6 is 0 Å². The number of hydrogen-bond donors (Lipinski definition) is 2. The Hall–Kier alpha value is -2.95. The molecule has 0 bridgehead atoms. The summed E-state index contributed by atoms with van der Waals surface area (Å²) in [5.74, 6) is -0.215. The molecule has 2 fully saturated rings. The standard InChI is InChI=1S/C26H35N5O4S/c1-3-9-22(10-4-2)36(34,35)30-16-8-13-21(19-30)31-24(20-11-6-5-7-12-20)23(28-26(31)33)25(32)29-17-14-27-15-18-29/h3,5-7,9-12,21,27H,4,8,13-19H2,1-2H3,(H,28,33)/b9-3-,22-10+. The molecule has 1 aromatic heterocycles. The summed E-state index contributed by atoms with van der Waals surface area (Å²) in [6.45, 7) is 6.78. The van der Waals surface area contributed by atoms with Crippen LogP contribution in [0.3, 0.4) is 0 Å². The van der Waals surface area contributed by atoms with Gasteiger partial charge in [-0.05, 0) is 32.3 Å². The Morgan fingerprint density at radius 3 is 2.53 bits per heavy atom. The average Bonchev–Trinajstić information content (AvgIpc) is 3.26. The van der Waals surface area contributed by atoms with Gasteiger partial charge in [0.1, 0.15) is 5.69 Å². The molecule has 194 valence electrons. The second-order valence-electron chi connectivity index (χ2n) is 9.11. The number of carbonyl (C=O) groups is 1. The van der Waals surface area contributed by atoms with Crippen molar-refractivity contribution >= 4 is 15.9 Å². The summed E-state index contributed by atoms with van der Waals surface area (Å²) in [6, 6.07) is 8.97. The fourth-order valence-electron chi connectivity index (χ4n) is 4.98. The van der Waals surface area contributed by atoms with Crippen LogP contribution in [0.4, 0.5) is 0 Å². The lowest BCUT2D eigenvalue weighted by Crippen LogP contribution is -2.46. The molecule has 1 atom stereocenters. The highest BCUT2D eigenvalue weighted by Gasteiger charge is 2.35. The summed E-state index contributed by atoms with van der Waals surface area (Å²) in [5.41, 5.74) is 1.13. The van der Waals surface area contributed by atoms with Crippen LogP contribution in [0.1, 0.15) is 49.6 Å². The highest BCUT2D eigenvalue weighted by Crippen LogP contribution is 2.31. The van der Waals surface area contributed by atoms with E-state index in [-0.39, 0.29) is 23.1 Å². The monoisotopic (exact) mass is 513 g/mol. The summed E-state index contributed by atoms with van der Waals surface area (Å²) in [5, 5.41) is 3.24. The molecule has 9 nitrogen and oxygen atoms in total. The molecule has 3 heterocycles. The Balaban J connectivity index is 1.75. The maximum absolute atomic E-state index is 13.5. The van der Waals surface area contributed by atoms with E-state index in [1.165, 1.54) is 4.31 Å². The van der Waals surface area contributed by atoms with Crippen molar-refractivity contribution in [2.45, 2.75) is 39.2 Å². The Morgan fingerprint density at radius 1 is 1.14 bits per heavy atom. The van der Waals surface area contributed by atoms with Crippen LogP contribution in [0.5, 0.6) is 0 Å². The molecule has 2 aliphatic heterocycles. The molecule has 2 saturated heterocycles. The number of sulfonamides is 1. The van der Waals surface area contributed by atoms with Crippen LogP contribution in [0.2, 0.25) is 0 Å². The number of H-pyrrole nitrogens is 1. The number of benzene rings is 1. The zero-order valence-electron chi connectivity index (χ0n) is 20.9. The quantitative estimate of drug-likeness (QED) is 0.554. The van der Waals surface area contributed by atoms with E-state index in [1.54, 1.807) is 34.6 Å². The van der Waals surface area contributed by atoms with Gasteiger partial charge >= 0.3 is 5.69 Å². The Morgan fingerprint density at radius 2 is 1.86 bits per heavy atom. The number of carbonyl (C=O) groups excluding carboxylic acids is 1. The third kappa shape index (κ3) is 5.25. The van der Waals surface area contributed by atoms with Gasteiger partial charge in [0, 0.05) is 44.8 Å². The van der Waals surface area contributed by atoms with Crippen LogP contribution in [-0.2, 0) is 10.0 Å². The van der Waals surface area contributed by atoms with E-state index in [1.807, 2.05) is 37.3 Å². The van der Waals surface area contributed by atoms with Gasteiger partial charge in [0.05, 0.1) is 16.6 Å². The minimum atomic E-state index is -3.71. The summed E-state index contributed by atoms with van der Waals surface area (Å²) < 4.78 is 30.0. The number of allylic oxidation sites excluding steroid dienone is 3. The van der Waals surface area contributed by atoms with Crippen molar-refractivity contribution in [3.8, 4) is 11.3 Å². The van der Waals surface area contributed by atoms with Gasteiger partial charge in [-0.25, -0.2) is 13.2 Å². The van der Waals surface area contributed by atoms with Gasteiger partial charge in [0.2, 0.25) is 10.0 Å². The number of aromatic amines is 1. The molecular formula is C26H35N5O4S. The smallest absolute Gasteiger partial charge is 0.326 e. The van der Waals surface area contributed by atoms with Gasteiger partial charge in [-0.15, -0.1) is 0 Å². The lowest BCUT2D eigenvalue weighted by atomic mass is 10.0. The molecule has 2 N–H and O–H groups in total. The number of aromatic nitrogens is 2. The molecular weight excluding hydrogens is 478 g/mol. The lowest BCUT2D eigenvalue weighted by Gasteiger charge is -2.33. The summed E-state index contributed by atoms with van der Waals surface area (Å²) in [6.07, 6.45) is 6.90. The van der Waals surface area contributed by atoms with Crippen molar-refractivity contribution < 1.29 is 13.2 Å². The third-order valence-corrected chi connectivity index (χ3v) is 8.60. The topological polar surface area (TPSA) is 108 Å². The molecule has 4 rings (SSSR count). The van der Waals surface area contributed by atoms with Gasteiger partial charge in [-0.1, -0.05) is 49.4 Å². The number of nitrogens with zero attached hydrogens (tertiary/aromatic N) is 3. The van der Waals surface area contributed by atoms with E-state index in [4.69, 9.17) is 0 Å². The van der Waals surface area contributed by atoms with Crippen LogP contribution in [-0.4, -0.2) is 72.3 Å². The molecule has 1 unspecified atom stereocenters. The molecule has 0 saturated carbocycles.